The Morgan fingerprint density at radius 2 is 2.00 bits per heavy atom. The Hall–Kier alpha value is -3.32. The fraction of sp³-hybridized carbons (Fsp3) is 0.480. The number of hydrogen-bond donors (Lipinski definition) is 1. The average molecular weight is 487 g/mol. The molecule has 3 heterocycles. The topological polar surface area (TPSA) is 81.0 Å². The lowest BCUT2D eigenvalue weighted by Gasteiger charge is -2.34. The van der Waals surface area contributed by atoms with Crippen molar-refractivity contribution in [1.29, 1.82) is 5.26 Å². The van der Waals surface area contributed by atoms with Crippen LogP contribution in [0.15, 0.2) is 24.4 Å². The predicted octanol–water partition coefficient (Wildman–Crippen LogP) is 4.58. The SMILES string of the molecule is Cc1c(CN2CCC(n3c(C(=O)N(C)C)cnc3CCC(F)(F)F)CC2)ccc2[nH]c(C#N)cc12. The summed E-state index contributed by atoms with van der Waals surface area (Å²) < 4.78 is 40.4. The van der Waals surface area contributed by atoms with Gasteiger partial charge in [-0.05, 0) is 43.0 Å². The number of alkyl halides is 3. The third kappa shape index (κ3) is 5.35. The van der Waals surface area contributed by atoms with Crippen LogP contribution in [0.5, 0.6) is 0 Å². The van der Waals surface area contributed by atoms with Crippen LogP contribution in [0.3, 0.4) is 0 Å². The van der Waals surface area contributed by atoms with Crippen molar-refractivity contribution in [1.82, 2.24) is 24.3 Å². The van der Waals surface area contributed by atoms with Gasteiger partial charge < -0.3 is 14.5 Å². The molecule has 3 aromatic rings. The van der Waals surface area contributed by atoms with Gasteiger partial charge in [-0.2, -0.15) is 18.4 Å². The summed E-state index contributed by atoms with van der Waals surface area (Å²) in [5.41, 5.74) is 4.12. The maximum absolute atomic E-state index is 12.9. The number of nitriles is 1. The van der Waals surface area contributed by atoms with Crippen LogP contribution < -0.4 is 0 Å². The van der Waals surface area contributed by atoms with E-state index in [0.29, 0.717) is 30.1 Å². The van der Waals surface area contributed by atoms with E-state index in [9.17, 15) is 18.0 Å². The first-order valence-electron chi connectivity index (χ1n) is 11.7. The molecule has 7 nitrogen and oxygen atoms in total. The van der Waals surface area contributed by atoms with Gasteiger partial charge in [-0.3, -0.25) is 9.69 Å². The lowest BCUT2D eigenvalue weighted by Crippen LogP contribution is -2.36. The number of fused-ring (bicyclic) bond motifs is 1. The van der Waals surface area contributed by atoms with Crippen LogP contribution in [-0.4, -0.2) is 63.6 Å². The molecular formula is C25H29F3N6O. The number of rotatable bonds is 6. The van der Waals surface area contributed by atoms with Crippen LogP contribution in [0.4, 0.5) is 13.2 Å². The van der Waals surface area contributed by atoms with Crippen LogP contribution in [0, 0.1) is 18.3 Å². The number of carbonyl (C=O) groups is 1. The van der Waals surface area contributed by atoms with Crippen molar-refractivity contribution in [2.45, 2.75) is 51.4 Å². The molecular weight excluding hydrogens is 457 g/mol. The maximum Gasteiger partial charge on any atom is 0.389 e. The van der Waals surface area contributed by atoms with Crippen molar-refractivity contribution < 1.29 is 18.0 Å². The number of carbonyl (C=O) groups excluding carboxylic acids is 1. The van der Waals surface area contributed by atoms with Crippen molar-refractivity contribution in [3.05, 3.63) is 52.7 Å². The van der Waals surface area contributed by atoms with Gasteiger partial charge in [0.25, 0.3) is 5.91 Å². The van der Waals surface area contributed by atoms with Gasteiger partial charge in [0.05, 0.1) is 12.6 Å². The molecule has 35 heavy (non-hydrogen) atoms. The smallest absolute Gasteiger partial charge is 0.346 e. The van der Waals surface area contributed by atoms with Gasteiger partial charge in [0.1, 0.15) is 23.3 Å². The first kappa shape index (κ1) is 24.8. The second-order valence-corrected chi connectivity index (χ2v) is 9.36. The van der Waals surface area contributed by atoms with Crippen molar-refractivity contribution in [2.24, 2.45) is 0 Å². The monoisotopic (exact) mass is 486 g/mol. The summed E-state index contributed by atoms with van der Waals surface area (Å²) >= 11 is 0. The van der Waals surface area contributed by atoms with E-state index in [1.54, 1.807) is 18.7 Å². The number of H-pyrrole nitrogens is 1. The van der Waals surface area contributed by atoms with Crippen molar-refractivity contribution in [2.75, 3.05) is 27.2 Å². The highest BCUT2D eigenvalue weighted by molar-refractivity contribution is 5.92. The second kappa shape index (κ2) is 9.74. The Labute approximate surface area is 202 Å². The van der Waals surface area contributed by atoms with Gasteiger partial charge in [0.15, 0.2) is 0 Å². The van der Waals surface area contributed by atoms with E-state index in [1.165, 1.54) is 16.7 Å². The highest BCUT2D eigenvalue weighted by atomic mass is 19.4. The number of amides is 1. The average Bonchev–Trinajstić information content (AvgIpc) is 3.43. The number of hydrogen-bond acceptors (Lipinski definition) is 4. The molecule has 0 unspecified atom stereocenters. The van der Waals surface area contributed by atoms with Crippen molar-refractivity contribution in [3.8, 4) is 6.07 Å². The standard InChI is InChI=1S/C25H29F3N6O/c1-16-17(4-5-21-20(16)12-18(13-29)31-21)15-33-10-7-19(8-11-33)34-22(24(35)32(2)3)14-30-23(34)6-9-25(26,27)28/h4-5,12,14,19,31H,6-11,15H2,1-3H3. The summed E-state index contributed by atoms with van der Waals surface area (Å²) in [5, 5.41) is 10.2. The summed E-state index contributed by atoms with van der Waals surface area (Å²) in [6.45, 7) is 4.31. The van der Waals surface area contributed by atoms with E-state index in [0.717, 1.165) is 36.1 Å². The lowest BCUT2D eigenvalue weighted by molar-refractivity contribution is -0.134. The minimum Gasteiger partial charge on any atom is -0.346 e. The second-order valence-electron chi connectivity index (χ2n) is 9.36. The number of aromatic amines is 1. The highest BCUT2D eigenvalue weighted by Gasteiger charge is 2.31. The van der Waals surface area contributed by atoms with Crippen molar-refractivity contribution >= 4 is 16.8 Å². The van der Waals surface area contributed by atoms with Crippen LogP contribution in [-0.2, 0) is 13.0 Å². The predicted molar refractivity (Wildman–Crippen MR) is 126 cm³/mol. The molecule has 4 rings (SSSR count). The van der Waals surface area contributed by atoms with Crippen LogP contribution in [0.1, 0.15) is 58.4 Å². The molecule has 10 heteroatoms. The molecule has 2 aromatic heterocycles. The van der Waals surface area contributed by atoms with E-state index in [-0.39, 0.29) is 18.4 Å². The normalized spacial score (nSPS) is 15.5. The molecule has 1 amide bonds. The number of nitrogens with one attached hydrogen (secondary N) is 1. The number of nitrogens with zero attached hydrogens (tertiary/aromatic N) is 5. The van der Waals surface area contributed by atoms with Crippen molar-refractivity contribution in [3.63, 3.8) is 0 Å². The summed E-state index contributed by atoms with van der Waals surface area (Å²) in [6, 6.07) is 7.98. The third-order valence-corrected chi connectivity index (χ3v) is 6.75. The summed E-state index contributed by atoms with van der Waals surface area (Å²) in [6.07, 6.45) is -2.65. The Balaban J connectivity index is 1.49. The minimum atomic E-state index is -4.28. The Bertz CT molecular complexity index is 1260. The molecule has 1 aromatic carbocycles. The Morgan fingerprint density at radius 3 is 2.63 bits per heavy atom. The van der Waals surface area contributed by atoms with Crippen LogP contribution >= 0.6 is 0 Å². The molecule has 0 aliphatic carbocycles. The highest BCUT2D eigenvalue weighted by Crippen LogP contribution is 2.30. The number of aromatic nitrogens is 3. The molecule has 186 valence electrons. The van der Waals surface area contributed by atoms with Gasteiger partial charge in [0.2, 0.25) is 0 Å². The largest absolute Gasteiger partial charge is 0.389 e. The van der Waals surface area contributed by atoms with E-state index in [2.05, 4.69) is 33.9 Å². The molecule has 1 N–H and O–H groups in total. The molecule has 1 saturated heterocycles. The molecule has 0 atom stereocenters. The minimum absolute atomic E-state index is 0.0812. The van der Waals surface area contributed by atoms with E-state index >= 15 is 0 Å². The Morgan fingerprint density at radius 1 is 1.29 bits per heavy atom. The summed E-state index contributed by atoms with van der Waals surface area (Å²) in [7, 11) is 3.25. The molecule has 0 spiro atoms. The van der Waals surface area contributed by atoms with Gasteiger partial charge in [-0.25, -0.2) is 4.98 Å². The molecule has 1 aliphatic rings. The van der Waals surface area contributed by atoms with Gasteiger partial charge >= 0.3 is 6.18 Å². The zero-order valence-corrected chi connectivity index (χ0v) is 20.1. The van der Waals surface area contributed by atoms with Gasteiger partial charge in [-0.1, -0.05) is 6.07 Å². The van der Waals surface area contributed by atoms with Crippen LogP contribution in [0.2, 0.25) is 0 Å². The molecule has 1 aliphatic heterocycles. The molecule has 0 radical (unpaired) electrons. The Kier molecular flexibility index (Phi) is 6.90. The fourth-order valence-electron chi connectivity index (χ4n) is 4.83. The fourth-order valence-corrected chi connectivity index (χ4v) is 4.83. The van der Waals surface area contributed by atoms with Gasteiger partial charge in [0, 0.05) is 57.1 Å². The first-order valence-corrected chi connectivity index (χ1v) is 11.7. The first-order chi connectivity index (χ1) is 16.6. The van der Waals surface area contributed by atoms with E-state index in [1.807, 2.05) is 12.1 Å². The third-order valence-electron chi connectivity index (χ3n) is 6.75. The summed E-state index contributed by atoms with van der Waals surface area (Å²) in [4.78, 5) is 23.8. The van der Waals surface area contributed by atoms with Crippen LogP contribution in [0.25, 0.3) is 10.9 Å². The van der Waals surface area contributed by atoms with E-state index < -0.39 is 12.6 Å². The number of aryl methyl sites for hydroxylation is 2. The lowest BCUT2D eigenvalue weighted by atomic mass is 10.0. The molecule has 0 saturated carbocycles. The zero-order chi connectivity index (χ0) is 25.3. The zero-order valence-electron chi connectivity index (χ0n) is 20.1. The van der Waals surface area contributed by atoms with E-state index in [4.69, 9.17) is 5.26 Å². The number of imidazole rings is 1. The molecule has 0 bridgehead atoms. The summed E-state index contributed by atoms with van der Waals surface area (Å²) in [5.74, 6) is 0.0541. The number of likely N-dealkylation sites (tertiary alicyclic amines) is 1. The number of halogens is 3. The maximum atomic E-state index is 12.9. The number of benzene rings is 1. The quantitative estimate of drug-likeness (QED) is 0.553. The van der Waals surface area contributed by atoms with Gasteiger partial charge in [-0.15, -0.1) is 0 Å². The molecule has 1 fully saturated rings. The number of piperidine rings is 1.